The van der Waals surface area contributed by atoms with Crippen molar-refractivity contribution in [1.29, 1.82) is 0 Å². The van der Waals surface area contributed by atoms with Gasteiger partial charge in [0.05, 0.1) is 6.42 Å². The van der Waals surface area contributed by atoms with Crippen LogP contribution in [0.3, 0.4) is 0 Å². The molecule has 52 valence electrons. The predicted molar refractivity (Wildman–Crippen MR) is 31.4 cm³/mol. The summed E-state index contributed by atoms with van der Waals surface area (Å²) in [6, 6.07) is -0.623. The maximum absolute atomic E-state index is 10.0. The summed E-state index contributed by atoms with van der Waals surface area (Å²) < 4.78 is 0. The third-order valence-electron chi connectivity index (χ3n) is 1.02. The van der Waals surface area contributed by atoms with Crippen LogP contribution in [0.15, 0.2) is 0 Å². The highest BCUT2D eigenvalue weighted by atomic mass is 35.5. The van der Waals surface area contributed by atoms with Gasteiger partial charge in [-0.05, 0) is 0 Å². The fourth-order valence-corrected chi connectivity index (χ4v) is 0.508. The van der Waals surface area contributed by atoms with E-state index >= 15 is 0 Å². The molecule has 0 radical (unpaired) electrons. The van der Waals surface area contributed by atoms with E-state index in [2.05, 4.69) is 5.32 Å². The molecule has 0 saturated carbocycles. The first-order valence-corrected chi connectivity index (χ1v) is 2.22. The molecular weight excluding hydrogens is 146 g/mol. The van der Waals surface area contributed by atoms with Crippen LogP contribution in [-0.2, 0) is 9.59 Å². The maximum Gasteiger partial charge on any atom is 0.326 e. The number of aliphatic carboxylic acids is 1. The molecule has 0 aromatic rings. The first-order valence-electron chi connectivity index (χ1n) is 2.22. The Bertz CT molecular complexity index is 139. The number of rotatable bonds is 1. The Hall–Kier alpha value is -0.770. The van der Waals surface area contributed by atoms with Crippen molar-refractivity contribution in [2.24, 2.45) is 0 Å². The van der Waals surface area contributed by atoms with Crippen LogP contribution in [-0.4, -0.2) is 23.0 Å². The molecule has 0 aromatic heterocycles. The molecular formula is C4H6ClNO3. The summed E-state index contributed by atoms with van der Waals surface area (Å²) in [5, 5.41) is 10.3. The minimum Gasteiger partial charge on any atom is -0.480 e. The van der Waals surface area contributed by atoms with Crippen molar-refractivity contribution in [1.82, 2.24) is 5.32 Å². The van der Waals surface area contributed by atoms with Gasteiger partial charge in [-0.3, -0.25) is 4.79 Å². The van der Waals surface area contributed by atoms with E-state index in [1.165, 1.54) is 0 Å². The number of carbonyl (C=O) groups excluding carboxylic acids is 1. The second-order valence-electron chi connectivity index (χ2n) is 1.66. The van der Waals surface area contributed by atoms with E-state index in [1.54, 1.807) is 0 Å². The second kappa shape index (κ2) is 2.68. The number of nitrogens with one attached hydrogen (secondary N) is 1. The fraction of sp³-hybridized carbons (Fsp3) is 0.500. The number of halogens is 1. The largest absolute Gasteiger partial charge is 0.480 e. The smallest absolute Gasteiger partial charge is 0.326 e. The third kappa shape index (κ3) is 1.57. The van der Waals surface area contributed by atoms with Crippen LogP contribution in [0.4, 0.5) is 0 Å². The fourth-order valence-electron chi connectivity index (χ4n) is 0.508. The molecule has 2 N–H and O–H groups in total. The van der Waals surface area contributed by atoms with E-state index in [4.69, 9.17) is 5.11 Å². The van der Waals surface area contributed by atoms with Crippen molar-refractivity contribution < 1.29 is 14.7 Å². The number of hydrogen-bond acceptors (Lipinski definition) is 2. The SMILES string of the molecule is Cl.O=C1CC(C(=O)O)N1. The van der Waals surface area contributed by atoms with E-state index in [0.717, 1.165) is 0 Å². The Morgan fingerprint density at radius 1 is 1.78 bits per heavy atom. The standard InChI is InChI=1S/C4H5NO3.ClH/c6-3-1-2(5-3)4(7)8;/h2H,1H2,(H,5,6)(H,7,8);1H. The topological polar surface area (TPSA) is 66.4 Å². The molecule has 9 heavy (non-hydrogen) atoms. The van der Waals surface area contributed by atoms with E-state index in [1.807, 2.05) is 0 Å². The Balaban J connectivity index is 0.000000640. The zero-order chi connectivity index (χ0) is 6.15. The molecule has 0 aromatic carbocycles. The van der Waals surface area contributed by atoms with Crippen molar-refractivity contribution in [2.45, 2.75) is 12.5 Å². The Kier molecular flexibility index (Phi) is 2.45. The molecule has 0 aliphatic carbocycles. The van der Waals surface area contributed by atoms with Gasteiger partial charge in [-0.2, -0.15) is 0 Å². The lowest BCUT2D eigenvalue weighted by Crippen LogP contribution is -2.53. The van der Waals surface area contributed by atoms with E-state index in [-0.39, 0.29) is 24.7 Å². The van der Waals surface area contributed by atoms with Gasteiger partial charge >= 0.3 is 5.97 Å². The average molecular weight is 152 g/mol. The third-order valence-corrected chi connectivity index (χ3v) is 1.02. The molecule has 1 fully saturated rings. The summed E-state index contributed by atoms with van der Waals surface area (Å²) in [6.07, 6.45) is 0.134. The average Bonchev–Trinajstić information content (AvgIpc) is 1.57. The highest BCUT2D eigenvalue weighted by Gasteiger charge is 2.31. The molecule has 0 spiro atoms. The van der Waals surface area contributed by atoms with Gasteiger partial charge in [0.1, 0.15) is 6.04 Å². The minimum atomic E-state index is -0.954. The predicted octanol–water partition coefficient (Wildman–Crippen LogP) is -0.619. The lowest BCUT2D eigenvalue weighted by atomic mass is 10.1. The van der Waals surface area contributed by atoms with Crippen molar-refractivity contribution in [3.8, 4) is 0 Å². The molecule has 1 rings (SSSR count). The number of carboxylic acids is 1. The number of β-lactam (4-membered cyclic amide) rings is 1. The van der Waals surface area contributed by atoms with Crippen LogP contribution in [0.5, 0.6) is 0 Å². The zero-order valence-electron chi connectivity index (χ0n) is 4.46. The first kappa shape index (κ1) is 8.23. The molecule has 1 atom stereocenters. The minimum absolute atomic E-state index is 0. The number of carboxylic acid groups (broad SMARTS) is 1. The van der Waals surface area contributed by atoms with Crippen LogP contribution in [0.1, 0.15) is 6.42 Å². The summed E-state index contributed by atoms with van der Waals surface area (Å²) in [6.45, 7) is 0. The van der Waals surface area contributed by atoms with Gasteiger partial charge < -0.3 is 10.4 Å². The van der Waals surface area contributed by atoms with Gasteiger partial charge in [0.2, 0.25) is 5.91 Å². The zero-order valence-corrected chi connectivity index (χ0v) is 5.27. The molecule has 1 aliphatic rings. The van der Waals surface area contributed by atoms with Crippen LogP contribution in [0.2, 0.25) is 0 Å². The van der Waals surface area contributed by atoms with E-state index in [0.29, 0.717) is 0 Å². The number of hydrogen-bond donors (Lipinski definition) is 2. The highest BCUT2D eigenvalue weighted by molar-refractivity contribution is 5.94. The number of carbonyl (C=O) groups is 2. The monoisotopic (exact) mass is 151 g/mol. The molecule has 5 heteroatoms. The second-order valence-corrected chi connectivity index (χ2v) is 1.66. The lowest BCUT2D eigenvalue weighted by molar-refractivity contribution is -0.147. The normalized spacial score (nSPS) is 23.1. The van der Waals surface area contributed by atoms with E-state index in [9.17, 15) is 9.59 Å². The first-order chi connectivity index (χ1) is 3.70. The summed E-state index contributed by atoms with van der Waals surface area (Å²) in [4.78, 5) is 20.0. The molecule has 1 amide bonds. The lowest BCUT2D eigenvalue weighted by Gasteiger charge is -2.21. The molecule has 1 heterocycles. The van der Waals surface area contributed by atoms with Crippen molar-refractivity contribution in [2.75, 3.05) is 0 Å². The van der Waals surface area contributed by atoms with Gasteiger partial charge in [-0.1, -0.05) is 0 Å². The summed E-state index contributed by atoms with van der Waals surface area (Å²) in [7, 11) is 0. The highest BCUT2D eigenvalue weighted by Crippen LogP contribution is 2.02. The van der Waals surface area contributed by atoms with Gasteiger partial charge in [-0.15, -0.1) is 12.4 Å². The number of amides is 1. The van der Waals surface area contributed by atoms with Gasteiger partial charge in [0, 0.05) is 0 Å². The summed E-state index contributed by atoms with van der Waals surface area (Å²) in [5.41, 5.74) is 0. The Morgan fingerprint density at radius 3 is 2.33 bits per heavy atom. The van der Waals surface area contributed by atoms with Crippen LogP contribution in [0, 0.1) is 0 Å². The molecule has 1 aliphatic heterocycles. The van der Waals surface area contributed by atoms with Crippen LogP contribution in [0.25, 0.3) is 0 Å². The van der Waals surface area contributed by atoms with Crippen molar-refractivity contribution in [3.05, 3.63) is 0 Å². The van der Waals surface area contributed by atoms with Gasteiger partial charge in [0.15, 0.2) is 0 Å². The van der Waals surface area contributed by atoms with Crippen molar-refractivity contribution >= 4 is 24.3 Å². The van der Waals surface area contributed by atoms with Gasteiger partial charge in [-0.25, -0.2) is 4.79 Å². The molecule has 0 bridgehead atoms. The van der Waals surface area contributed by atoms with E-state index < -0.39 is 12.0 Å². The van der Waals surface area contributed by atoms with Crippen molar-refractivity contribution in [3.63, 3.8) is 0 Å². The molecule has 1 unspecified atom stereocenters. The Labute approximate surface area is 57.6 Å². The van der Waals surface area contributed by atoms with Crippen LogP contribution >= 0.6 is 12.4 Å². The summed E-state index contributed by atoms with van der Waals surface area (Å²) >= 11 is 0. The quantitative estimate of drug-likeness (QED) is 0.491. The maximum atomic E-state index is 10.0. The van der Waals surface area contributed by atoms with Gasteiger partial charge in [0.25, 0.3) is 0 Å². The summed E-state index contributed by atoms with van der Waals surface area (Å²) in [5.74, 6) is -1.14. The van der Waals surface area contributed by atoms with Crippen LogP contribution < -0.4 is 5.32 Å². The molecule has 4 nitrogen and oxygen atoms in total. The Morgan fingerprint density at radius 2 is 2.22 bits per heavy atom. The molecule has 1 saturated heterocycles.